The highest BCUT2D eigenvalue weighted by Crippen LogP contribution is 2.24. The molecule has 0 amide bonds. The van der Waals surface area contributed by atoms with E-state index in [4.69, 9.17) is 4.74 Å². The highest BCUT2D eigenvalue weighted by atomic mass is 16.5. The molecule has 0 fully saturated rings. The molecule has 2 N–H and O–H groups in total. The molecule has 0 atom stereocenters. The third-order valence-electron chi connectivity index (χ3n) is 4.46. The number of aromatic nitrogens is 1. The van der Waals surface area contributed by atoms with Gasteiger partial charge in [-0.3, -0.25) is 9.78 Å². The zero-order valence-corrected chi connectivity index (χ0v) is 15.7. The molecule has 1 aromatic rings. The highest BCUT2D eigenvalue weighted by molar-refractivity contribution is 5.69. The van der Waals surface area contributed by atoms with E-state index in [1.807, 2.05) is 0 Å². The summed E-state index contributed by atoms with van der Waals surface area (Å²) in [7, 11) is 0. The third-order valence-corrected chi connectivity index (χ3v) is 4.46. The van der Waals surface area contributed by atoms with Gasteiger partial charge >= 0.3 is 5.97 Å². The van der Waals surface area contributed by atoms with Crippen LogP contribution in [-0.4, -0.2) is 21.2 Å². The Morgan fingerprint density at radius 2 is 1.68 bits per heavy atom. The van der Waals surface area contributed by atoms with Gasteiger partial charge in [0.2, 0.25) is 0 Å². The van der Waals surface area contributed by atoms with E-state index in [1.165, 1.54) is 51.1 Å². The molecular weight excluding hydrogens is 318 g/mol. The van der Waals surface area contributed by atoms with Crippen LogP contribution in [0, 0.1) is 6.92 Å². The first-order chi connectivity index (χ1) is 12.1. The topological polar surface area (TPSA) is 79.7 Å². The van der Waals surface area contributed by atoms with Crippen molar-refractivity contribution in [2.75, 3.05) is 0 Å². The Hall–Kier alpha value is -1.62. The number of aromatic hydroxyl groups is 1. The first-order valence-corrected chi connectivity index (χ1v) is 9.53. The summed E-state index contributed by atoms with van der Waals surface area (Å²) in [5.74, 6) is -0.276. The number of ether oxygens (including phenoxy) is 1. The summed E-state index contributed by atoms with van der Waals surface area (Å²) in [6.45, 7) is 3.61. The molecule has 1 heterocycles. The fraction of sp³-hybridized carbons (Fsp3) is 0.700. The van der Waals surface area contributed by atoms with Crippen molar-refractivity contribution in [1.29, 1.82) is 0 Å². The van der Waals surface area contributed by atoms with Crippen molar-refractivity contribution in [3.63, 3.8) is 0 Å². The second-order valence-electron chi connectivity index (χ2n) is 6.59. The minimum atomic E-state index is -0.305. The summed E-state index contributed by atoms with van der Waals surface area (Å²) in [4.78, 5) is 15.8. The van der Waals surface area contributed by atoms with E-state index >= 15 is 0 Å². The second-order valence-corrected chi connectivity index (χ2v) is 6.59. The number of aliphatic hydroxyl groups is 1. The minimum absolute atomic E-state index is 0.0324. The number of hydrogen-bond acceptors (Lipinski definition) is 5. The molecule has 0 aliphatic rings. The summed E-state index contributed by atoms with van der Waals surface area (Å²) in [6.07, 6.45) is 12.8. The molecule has 0 spiro atoms. The summed E-state index contributed by atoms with van der Waals surface area (Å²) in [6, 6.07) is 0. The van der Waals surface area contributed by atoms with Gasteiger partial charge in [-0.15, -0.1) is 0 Å². The average molecular weight is 351 g/mol. The van der Waals surface area contributed by atoms with Crippen LogP contribution in [0.25, 0.3) is 0 Å². The van der Waals surface area contributed by atoms with Gasteiger partial charge in [-0.05, 0) is 13.3 Å². The molecule has 5 heteroatoms. The van der Waals surface area contributed by atoms with Crippen LogP contribution >= 0.6 is 0 Å². The molecule has 25 heavy (non-hydrogen) atoms. The normalized spacial score (nSPS) is 10.8. The predicted molar refractivity (Wildman–Crippen MR) is 98.2 cm³/mol. The van der Waals surface area contributed by atoms with Gasteiger partial charge in [-0.25, -0.2) is 0 Å². The van der Waals surface area contributed by atoms with E-state index in [1.54, 1.807) is 6.92 Å². The Morgan fingerprint density at radius 3 is 2.28 bits per heavy atom. The Balaban J connectivity index is 2.16. The number of aliphatic hydroxyl groups excluding tert-OH is 1. The van der Waals surface area contributed by atoms with Crippen molar-refractivity contribution in [1.82, 2.24) is 4.98 Å². The second kappa shape index (κ2) is 12.7. The number of carbonyl (C=O) groups excluding carboxylic acids is 1. The van der Waals surface area contributed by atoms with Crippen LogP contribution in [-0.2, 0) is 22.7 Å². The van der Waals surface area contributed by atoms with E-state index in [0.29, 0.717) is 23.2 Å². The van der Waals surface area contributed by atoms with Crippen molar-refractivity contribution >= 4 is 5.97 Å². The summed E-state index contributed by atoms with van der Waals surface area (Å²) in [5.41, 5.74) is 1.38. The number of aryl methyl sites for hydroxylation is 1. The number of unbranched alkanes of at least 4 members (excludes halogenated alkanes) is 8. The first kappa shape index (κ1) is 21.4. The van der Waals surface area contributed by atoms with Gasteiger partial charge < -0.3 is 14.9 Å². The molecule has 1 aromatic heterocycles. The standard InChI is InChI=1S/C20H33NO4/c1-3-4-5-6-7-8-9-10-11-12-19(23)25-15-17-13-21-16(2)20(24)18(17)14-22/h13,22,24H,3-12,14-15H2,1-2H3. The fourth-order valence-electron chi connectivity index (χ4n) is 2.80. The average Bonchev–Trinajstić information content (AvgIpc) is 2.61. The number of esters is 1. The van der Waals surface area contributed by atoms with E-state index < -0.39 is 0 Å². The molecule has 0 aliphatic heterocycles. The Labute approximate surface area is 151 Å². The Morgan fingerprint density at radius 1 is 1.08 bits per heavy atom. The van der Waals surface area contributed by atoms with Crippen LogP contribution in [0.1, 0.15) is 88.0 Å². The largest absolute Gasteiger partial charge is 0.506 e. The molecule has 0 saturated carbocycles. The molecule has 142 valence electrons. The molecule has 5 nitrogen and oxygen atoms in total. The maximum absolute atomic E-state index is 11.8. The monoisotopic (exact) mass is 351 g/mol. The van der Waals surface area contributed by atoms with Crippen LogP contribution in [0.15, 0.2) is 6.20 Å². The zero-order valence-electron chi connectivity index (χ0n) is 15.7. The van der Waals surface area contributed by atoms with Crippen LogP contribution in [0.4, 0.5) is 0 Å². The SMILES string of the molecule is CCCCCCCCCCCC(=O)OCc1cnc(C)c(O)c1CO. The van der Waals surface area contributed by atoms with Crippen molar-refractivity contribution in [3.8, 4) is 5.75 Å². The molecule has 0 bridgehead atoms. The summed E-state index contributed by atoms with van der Waals surface area (Å²) >= 11 is 0. The molecule has 0 aliphatic carbocycles. The first-order valence-electron chi connectivity index (χ1n) is 9.53. The van der Waals surface area contributed by atoms with Crippen LogP contribution in [0.3, 0.4) is 0 Å². The Kier molecular flexibility index (Phi) is 10.9. The predicted octanol–water partition coefficient (Wildman–Crippen LogP) is 4.55. The highest BCUT2D eigenvalue weighted by Gasteiger charge is 2.12. The Bertz CT molecular complexity index is 517. The van der Waals surface area contributed by atoms with E-state index in [0.717, 1.165) is 12.8 Å². The molecule has 0 saturated heterocycles. The minimum Gasteiger partial charge on any atom is -0.506 e. The fourth-order valence-corrected chi connectivity index (χ4v) is 2.80. The smallest absolute Gasteiger partial charge is 0.306 e. The molecule has 0 radical (unpaired) electrons. The maximum Gasteiger partial charge on any atom is 0.306 e. The molecule has 1 rings (SSSR count). The lowest BCUT2D eigenvalue weighted by Crippen LogP contribution is -2.07. The number of pyridine rings is 1. The van der Waals surface area contributed by atoms with E-state index in [9.17, 15) is 15.0 Å². The van der Waals surface area contributed by atoms with Crippen molar-refractivity contribution in [3.05, 3.63) is 23.0 Å². The number of nitrogens with zero attached hydrogens (tertiary/aromatic N) is 1. The lowest BCUT2D eigenvalue weighted by atomic mass is 10.1. The van der Waals surface area contributed by atoms with Crippen LogP contribution < -0.4 is 0 Å². The maximum atomic E-state index is 11.8. The van der Waals surface area contributed by atoms with Crippen LogP contribution in [0.5, 0.6) is 5.75 Å². The van der Waals surface area contributed by atoms with Crippen molar-refractivity contribution < 1.29 is 19.7 Å². The summed E-state index contributed by atoms with van der Waals surface area (Å²) < 4.78 is 5.24. The quantitative estimate of drug-likeness (QED) is 0.402. The number of carbonyl (C=O) groups is 1. The van der Waals surface area contributed by atoms with Gasteiger partial charge in [0.05, 0.1) is 12.3 Å². The van der Waals surface area contributed by atoms with Crippen LogP contribution in [0.2, 0.25) is 0 Å². The zero-order chi connectivity index (χ0) is 18.5. The van der Waals surface area contributed by atoms with Gasteiger partial charge in [0.25, 0.3) is 0 Å². The van der Waals surface area contributed by atoms with Gasteiger partial charge in [-0.2, -0.15) is 0 Å². The van der Waals surface area contributed by atoms with Gasteiger partial charge in [0.15, 0.2) is 0 Å². The van der Waals surface area contributed by atoms with E-state index in [-0.39, 0.29) is 24.9 Å². The molecule has 0 aromatic carbocycles. The van der Waals surface area contributed by atoms with Crippen molar-refractivity contribution in [2.45, 2.75) is 91.3 Å². The van der Waals surface area contributed by atoms with Gasteiger partial charge in [-0.1, -0.05) is 58.3 Å². The lowest BCUT2D eigenvalue weighted by molar-refractivity contribution is -0.145. The number of hydrogen-bond donors (Lipinski definition) is 2. The van der Waals surface area contributed by atoms with E-state index in [2.05, 4.69) is 11.9 Å². The van der Waals surface area contributed by atoms with Gasteiger partial charge in [0, 0.05) is 23.7 Å². The third kappa shape index (κ3) is 8.34. The molecular formula is C20H33NO4. The lowest BCUT2D eigenvalue weighted by Gasteiger charge is -2.11. The van der Waals surface area contributed by atoms with Crippen molar-refractivity contribution in [2.24, 2.45) is 0 Å². The number of rotatable bonds is 13. The molecule has 0 unspecified atom stereocenters. The van der Waals surface area contributed by atoms with Gasteiger partial charge in [0.1, 0.15) is 12.4 Å². The summed E-state index contributed by atoms with van der Waals surface area (Å²) in [5, 5.41) is 19.2.